The first-order valence-corrected chi connectivity index (χ1v) is 5.83. The highest BCUT2D eigenvalue weighted by molar-refractivity contribution is 7.14. The number of nitrogens with zero attached hydrogens (tertiary/aromatic N) is 1. The minimum absolute atomic E-state index is 0.218. The SMILES string of the molecule is COC(=O)c1cc2c(s1)CN(C)C(C)C2. The van der Waals surface area contributed by atoms with Crippen molar-refractivity contribution < 1.29 is 9.53 Å². The third-order valence-electron chi connectivity index (χ3n) is 2.94. The zero-order valence-corrected chi connectivity index (χ0v) is 10.1. The number of hydrogen-bond acceptors (Lipinski definition) is 4. The van der Waals surface area contributed by atoms with Crippen LogP contribution in [-0.2, 0) is 17.7 Å². The summed E-state index contributed by atoms with van der Waals surface area (Å²) in [6.07, 6.45) is 1.03. The molecule has 2 heterocycles. The molecule has 0 saturated carbocycles. The quantitative estimate of drug-likeness (QED) is 0.684. The Kier molecular flexibility index (Phi) is 2.80. The van der Waals surface area contributed by atoms with E-state index in [1.807, 2.05) is 6.07 Å². The zero-order valence-electron chi connectivity index (χ0n) is 9.24. The molecule has 0 amide bonds. The van der Waals surface area contributed by atoms with Crippen molar-refractivity contribution in [3.8, 4) is 0 Å². The molecule has 0 fully saturated rings. The molecule has 3 nitrogen and oxygen atoms in total. The predicted molar refractivity (Wildman–Crippen MR) is 60.3 cm³/mol. The molecule has 0 N–H and O–H groups in total. The maximum Gasteiger partial charge on any atom is 0.348 e. The Bertz CT molecular complexity index is 358. The molecule has 0 spiro atoms. The van der Waals surface area contributed by atoms with Crippen molar-refractivity contribution >= 4 is 17.3 Å². The van der Waals surface area contributed by atoms with Gasteiger partial charge in [-0.1, -0.05) is 0 Å². The fourth-order valence-corrected chi connectivity index (χ4v) is 3.01. The van der Waals surface area contributed by atoms with Crippen LogP contribution in [0.2, 0.25) is 0 Å². The highest BCUT2D eigenvalue weighted by Gasteiger charge is 2.23. The Morgan fingerprint density at radius 1 is 1.67 bits per heavy atom. The summed E-state index contributed by atoms with van der Waals surface area (Å²) in [4.78, 5) is 15.7. The molecule has 1 aliphatic rings. The van der Waals surface area contributed by atoms with E-state index in [4.69, 9.17) is 4.74 Å². The van der Waals surface area contributed by atoms with Crippen molar-refractivity contribution in [2.24, 2.45) is 0 Å². The van der Waals surface area contributed by atoms with E-state index >= 15 is 0 Å². The summed E-state index contributed by atoms with van der Waals surface area (Å²) in [5, 5.41) is 0. The van der Waals surface area contributed by atoms with Crippen LogP contribution in [0.1, 0.15) is 27.0 Å². The molecule has 4 heteroatoms. The molecule has 2 rings (SSSR count). The molecule has 0 aromatic carbocycles. The van der Waals surface area contributed by atoms with Crippen molar-refractivity contribution in [2.45, 2.75) is 25.9 Å². The van der Waals surface area contributed by atoms with Gasteiger partial charge >= 0.3 is 5.97 Å². The number of hydrogen-bond donors (Lipinski definition) is 0. The standard InChI is InChI=1S/C11H15NO2S/c1-7-4-8-5-9(11(13)14-3)15-10(8)6-12(7)2/h5,7H,4,6H2,1-3H3. The van der Waals surface area contributed by atoms with Crippen LogP contribution in [0.25, 0.3) is 0 Å². The molecule has 82 valence electrons. The number of carbonyl (C=O) groups excluding carboxylic acids is 1. The first-order chi connectivity index (χ1) is 7.11. The van der Waals surface area contributed by atoms with Gasteiger partial charge in [-0.15, -0.1) is 11.3 Å². The number of rotatable bonds is 1. The van der Waals surface area contributed by atoms with Gasteiger partial charge in [0, 0.05) is 17.5 Å². The number of esters is 1. The molecular weight excluding hydrogens is 210 g/mol. The Morgan fingerprint density at radius 3 is 3.07 bits per heavy atom. The van der Waals surface area contributed by atoms with E-state index in [-0.39, 0.29) is 5.97 Å². The van der Waals surface area contributed by atoms with Crippen LogP contribution in [0, 0.1) is 0 Å². The summed E-state index contributed by atoms with van der Waals surface area (Å²) >= 11 is 1.56. The van der Waals surface area contributed by atoms with Gasteiger partial charge in [0.1, 0.15) is 4.88 Å². The topological polar surface area (TPSA) is 29.5 Å². The average molecular weight is 225 g/mol. The molecule has 1 aromatic rings. The highest BCUT2D eigenvalue weighted by atomic mass is 32.1. The number of methoxy groups -OCH3 is 1. The van der Waals surface area contributed by atoms with Crippen molar-refractivity contribution in [1.29, 1.82) is 0 Å². The van der Waals surface area contributed by atoms with Gasteiger partial charge in [-0.3, -0.25) is 4.90 Å². The molecular formula is C11H15NO2S. The summed E-state index contributed by atoms with van der Waals surface area (Å²) < 4.78 is 4.73. The normalized spacial score (nSPS) is 21.1. The van der Waals surface area contributed by atoms with Crippen LogP contribution in [0.3, 0.4) is 0 Å². The lowest BCUT2D eigenvalue weighted by atomic mass is 10.0. The number of likely N-dealkylation sites (N-methyl/N-ethyl adjacent to an activating group) is 1. The fourth-order valence-electron chi connectivity index (χ4n) is 1.83. The summed E-state index contributed by atoms with van der Waals surface area (Å²) in [6.45, 7) is 3.15. The van der Waals surface area contributed by atoms with Gasteiger partial charge < -0.3 is 4.74 Å². The summed E-state index contributed by atoms with van der Waals surface area (Å²) in [7, 11) is 3.54. The maximum absolute atomic E-state index is 11.4. The van der Waals surface area contributed by atoms with Gasteiger partial charge in [0.2, 0.25) is 0 Å². The number of thiophene rings is 1. The Morgan fingerprint density at radius 2 is 2.40 bits per heavy atom. The van der Waals surface area contributed by atoms with E-state index < -0.39 is 0 Å². The smallest absolute Gasteiger partial charge is 0.348 e. The maximum atomic E-state index is 11.4. The molecule has 1 aliphatic heterocycles. The van der Waals surface area contributed by atoms with E-state index in [0.29, 0.717) is 6.04 Å². The van der Waals surface area contributed by atoms with Gasteiger partial charge in [0.15, 0.2) is 0 Å². The van der Waals surface area contributed by atoms with E-state index in [1.165, 1.54) is 17.6 Å². The monoisotopic (exact) mass is 225 g/mol. The largest absolute Gasteiger partial charge is 0.465 e. The van der Waals surface area contributed by atoms with Crippen LogP contribution in [0.15, 0.2) is 6.07 Å². The van der Waals surface area contributed by atoms with Crippen LogP contribution >= 0.6 is 11.3 Å². The van der Waals surface area contributed by atoms with Gasteiger partial charge in [0.05, 0.1) is 7.11 Å². The van der Waals surface area contributed by atoms with E-state index in [0.717, 1.165) is 17.8 Å². The highest BCUT2D eigenvalue weighted by Crippen LogP contribution is 2.30. The summed E-state index contributed by atoms with van der Waals surface area (Å²) in [5.41, 5.74) is 1.31. The molecule has 1 atom stereocenters. The molecule has 1 aromatic heterocycles. The van der Waals surface area contributed by atoms with E-state index in [1.54, 1.807) is 11.3 Å². The second-order valence-electron chi connectivity index (χ2n) is 4.02. The average Bonchev–Trinajstić information content (AvgIpc) is 2.60. The lowest BCUT2D eigenvalue weighted by Crippen LogP contribution is -2.34. The van der Waals surface area contributed by atoms with Crippen molar-refractivity contribution in [3.05, 3.63) is 21.4 Å². The first kappa shape index (κ1) is 10.6. The first-order valence-electron chi connectivity index (χ1n) is 5.02. The minimum atomic E-state index is -0.218. The number of carbonyl (C=O) groups is 1. The molecule has 1 unspecified atom stereocenters. The number of ether oxygens (including phenoxy) is 1. The molecule has 0 aliphatic carbocycles. The van der Waals surface area contributed by atoms with Crippen LogP contribution < -0.4 is 0 Å². The third kappa shape index (κ3) is 1.92. The summed E-state index contributed by atoms with van der Waals surface area (Å²) in [6, 6.07) is 2.53. The molecule has 0 saturated heterocycles. The summed E-state index contributed by atoms with van der Waals surface area (Å²) in [5.74, 6) is -0.218. The molecule has 15 heavy (non-hydrogen) atoms. The third-order valence-corrected chi connectivity index (χ3v) is 4.09. The Balaban J connectivity index is 2.29. The van der Waals surface area contributed by atoms with Gasteiger partial charge in [-0.25, -0.2) is 4.79 Å². The number of fused-ring (bicyclic) bond motifs is 1. The molecule has 0 bridgehead atoms. The zero-order chi connectivity index (χ0) is 11.0. The van der Waals surface area contributed by atoms with Crippen molar-refractivity contribution in [2.75, 3.05) is 14.2 Å². The van der Waals surface area contributed by atoms with Gasteiger partial charge in [-0.2, -0.15) is 0 Å². The van der Waals surface area contributed by atoms with Crippen LogP contribution in [0.4, 0.5) is 0 Å². The second-order valence-corrected chi connectivity index (χ2v) is 5.16. The Hall–Kier alpha value is -0.870. The van der Waals surface area contributed by atoms with Crippen molar-refractivity contribution in [1.82, 2.24) is 4.90 Å². The van der Waals surface area contributed by atoms with E-state index in [9.17, 15) is 4.79 Å². The van der Waals surface area contributed by atoms with Gasteiger partial charge in [0.25, 0.3) is 0 Å². The predicted octanol–water partition coefficient (Wildman–Crippen LogP) is 1.91. The second kappa shape index (κ2) is 3.94. The van der Waals surface area contributed by atoms with Gasteiger partial charge in [-0.05, 0) is 32.0 Å². The van der Waals surface area contributed by atoms with Crippen LogP contribution in [0.5, 0.6) is 0 Å². The Labute approximate surface area is 93.7 Å². The molecule has 0 radical (unpaired) electrons. The fraction of sp³-hybridized carbons (Fsp3) is 0.545. The van der Waals surface area contributed by atoms with E-state index in [2.05, 4.69) is 18.9 Å². The van der Waals surface area contributed by atoms with Crippen LogP contribution in [-0.4, -0.2) is 31.1 Å². The lowest BCUT2D eigenvalue weighted by Gasteiger charge is -2.29. The van der Waals surface area contributed by atoms with Crippen molar-refractivity contribution in [3.63, 3.8) is 0 Å². The lowest BCUT2D eigenvalue weighted by molar-refractivity contribution is 0.0606. The minimum Gasteiger partial charge on any atom is -0.465 e.